The fourth-order valence-electron chi connectivity index (χ4n) is 2.59. The van der Waals surface area contributed by atoms with Crippen LogP contribution in [0.5, 0.6) is 5.75 Å². The molecule has 1 aliphatic rings. The Bertz CT molecular complexity index is 698. The van der Waals surface area contributed by atoms with Crippen molar-refractivity contribution in [2.45, 2.75) is 25.9 Å². The smallest absolute Gasteiger partial charge is 0.269 e. The topological polar surface area (TPSA) is 47.4 Å². The zero-order valence-corrected chi connectivity index (χ0v) is 12.6. The molecule has 1 aliphatic heterocycles. The lowest BCUT2D eigenvalue weighted by atomic mass is 10.1. The lowest BCUT2D eigenvalue weighted by Crippen LogP contribution is -2.47. The van der Waals surface area contributed by atoms with Gasteiger partial charge in [-0.1, -0.05) is 12.1 Å². The molecule has 1 aromatic carbocycles. The Morgan fingerprint density at radius 1 is 1.36 bits per heavy atom. The van der Waals surface area contributed by atoms with Gasteiger partial charge in [0.15, 0.2) is 23.5 Å². The average molecular weight is 303 g/mol. The SMILES string of the molecule is Cc1cccc(O[C@H]2CCCN(c3ccn(C)n3)C2=O)c1F. The van der Waals surface area contributed by atoms with Gasteiger partial charge in [0.05, 0.1) is 0 Å². The number of anilines is 1. The van der Waals surface area contributed by atoms with Gasteiger partial charge in [0.2, 0.25) is 0 Å². The van der Waals surface area contributed by atoms with E-state index in [0.717, 1.165) is 6.42 Å². The summed E-state index contributed by atoms with van der Waals surface area (Å²) < 4.78 is 21.3. The van der Waals surface area contributed by atoms with Gasteiger partial charge in [-0.3, -0.25) is 14.4 Å². The van der Waals surface area contributed by atoms with E-state index in [1.165, 1.54) is 0 Å². The van der Waals surface area contributed by atoms with Crippen molar-refractivity contribution in [2.24, 2.45) is 7.05 Å². The van der Waals surface area contributed by atoms with Gasteiger partial charge in [-0.25, -0.2) is 4.39 Å². The number of piperidine rings is 1. The lowest BCUT2D eigenvalue weighted by Gasteiger charge is -2.31. The number of nitrogens with zero attached hydrogens (tertiary/aromatic N) is 3. The second-order valence-electron chi connectivity index (χ2n) is 5.47. The molecule has 1 fully saturated rings. The van der Waals surface area contributed by atoms with Crippen LogP contribution in [-0.2, 0) is 11.8 Å². The first kappa shape index (κ1) is 14.6. The Morgan fingerprint density at radius 2 is 2.18 bits per heavy atom. The van der Waals surface area contributed by atoms with Crippen LogP contribution in [-0.4, -0.2) is 28.3 Å². The number of aromatic nitrogens is 2. The van der Waals surface area contributed by atoms with Crippen LogP contribution in [0.1, 0.15) is 18.4 Å². The van der Waals surface area contributed by atoms with Crippen LogP contribution in [0.4, 0.5) is 10.2 Å². The minimum Gasteiger partial charge on any atom is -0.477 e. The third-order valence-electron chi connectivity index (χ3n) is 3.79. The maximum atomic E-state index is 14.0. The number of aryl methyl sites for hydroxylation is 2. The third kappa shape index (κ3) is 2.68. The summed E-state index contributed by atoms with van der Waals surface area (Å²) in [5, 5.41) is 4.25. The number of carbonyl (C=O) groups is 1. The highest BCUT2D eigenvalue weighted by Crippen LogP contribution is 2.26. The van der Waals surface area contributed by atoms with Gasteiger partial charge in [0.25, 0.3) is 5.91 Å². The number of hydrogen-bond donors (Lipinski definition) is 0. The highest BCUT2D eigenvalue weighted by molar-refractivity contribution is 5.96. The molecule has 1 atom stereocenters. The number of benzene rings is 1. The summed E-state index contributed by atoms with van der Waals surface area (Å²) in [6.07, 6.45) is 2.48. The van der Waals surface area contributed by atoms with Gasteiger partial charge < -0.3 is 4.74 Å². The summed E-state index contributed by atoms with van der Waals surface area (Å²) in [4.78, 5) is 14.2. The van der Waals surface area contributed by atoms with E-state index in [1.807, 2.05) is 0 Å². The van der Waals surface area contributed by atoms with Gasteiger partial charge in [-0.05, 0) is 31.4 Å². The molecule has 1 amide bonds. The molecule has 0 unspecified atom stereocenters. The normalized spacial score (nSPS) is 18.6. The van der Waals surface area contributed by atoms with Gasteiger partial charge in [0, 0.05) is 25.9 Å². The number of rotatable bonds is 3. The highest BCUT2D eigenvalue weighted by atomic mass is 19.1. The molecule has 0 radical (unpaired) electrons. The van der Waals surface area contributed by atoms with E-state index in [9.17, 15) is 9.18 Å². The third-order valence-corrected chi connectivity index (χ3v) is 3.79. The van der Waals surface area contributed by atoms with E-state index in [2.05, 4.69) is 5.10 Å². The van der Waals surface area contributed by atoms with E-state index in [4.69, 9.17) is 4.74 Å². The molecule has 0 aliphatic carbocycles. The summed E-state index contributed by atoms with van der Waals surface area (Å²) in [6.45, 7) is 2.27. The van der Waals surface area contributed by atoms with Crippen molar-refractivity contribution in [2.75, 3.05) is 11.4 Å². The summed E-state index contributed by atoms with van der Waals surface area (Å²) in [5.74, 6) is 0.142. The average Bonchev–Trinajstić information content (AvgIpc) is 2.92. The zero-order valence-electron chi connectivity index (χ0n) is 12.6. The van der Waals surface area contributed by atoms with Gasteiger partial charge in [-0.2, -0.15) is 5.10 Å². The molecule has 0 spiro atoms. The van der Waals surface area contributed by atoms with Crippen molar-refractivity contribution >= 4 is 11.7 Å². The molecule has 1 aromatic heterocycles. The number of amides is 1. The second-order valence-corrected chi connectivity index (χ2v) is 5.47. The lowest BCUT2D eigenvalue weighted by molar-refractivity contribution is -0.127. The zero-order chi connectivity index (χ0) is 15.7. The largest absolute Gasteiger partial charge is 0.477 e. The molecule has 1 saturated heterocycles. The van der Waals surface area contributed by atoms with Crippen molar-refractivity contribution in [1.82, 2.24) is 9.78 Å². The standard InChI is InChI=1S/C16H18FN3O2/c1-11-5-3-6-12(15(11)17)22-13-7-4-9-20(16(13)21)14-8-10-19(2)18-14/h3,5-6,8,10,13H,4,7,9H2,1-2H3/t13-/m0/s1. The summed E-state index contributed by atoms with van der Waals surface area (Å²) in [7, 11) is 1.80. The minimum absolute atomic E-state index is 0.126. The molecule has 3 rings (SSSR count). The first-order chi connectivity index (χ1) is 10.6. The fourth-order valence-corrected chi connectivity index (χ4v) is 2.59. The van der Waals surface area contributed by atoms with E-state index < -0.39 is 11.9 Å². The van der Waals surface area contributed by atoms with Crippen molar-refractivity contribution in [3.8, 4) is 5.75 Å². The van der Waals surface area contributed by atoms with E-state index >= 15 is 0 Å². The maximum absolute atomic E-state index is 14.0. The van der Waals surface area contributed by atoms with Crippen LogP contribution >= 0.6 is 0 Å². The molecule has 2 heterocycles. The van der Waals surface area contributed by atoms with E-state index in [1.54, 1.807) is 54.0 Å². The van der Waals surface area contributed by atoms with Crippen molar-refractivity contribution in [3.05, 3.63) is 41.8 Å². The molecule has 0 bridgehead atoms. The van der Waals surface area contributed by atoms with Crippen LogP contribution in [0, 0.1) is 12.7 Å². The van der Waals surface area contributed by atoms with Crippen molar-refractivity contribution < 1.29 is 13.9 Å². The Balaban J connectivity index is 1.79. The maximum Gasteiger partial charge on any atom is 0.269 e. The van der Waals surface area contributed by atoms with E-state index in [0.29, 0.717) is 24.3 Å². The van der Waals surface area contributed by atoms with Crippen LogP contribution < -0.4 is 9.64 Å². The molecule has 6 heteroatoms. The summed E-state index contributed by atoms with van der Waals surface area (Å²) in [5.41, 5.74) is 0.502. The van der Waals surface area contributed by atoms with Gasteiger partial charge in [-0.15, -0.1) is 0 Å². The Morgan fingerprint density at radius 3 is 2.91 bits per heavy atom. The molecule has 0 N–H and O–H groups in total. The molecule has 0 saturated carbocycles. The predicted molar refractivity (Wildman–Crippen MR) is 80.3 cm³/mol. The first-order valence-corrected chi connectivity index (χ1v) is 7.29. The van der Waals surface area contributed by atoms with Crippen molar-refractivity contribution in [3.63, 3.8) is 0 Å². The van der Waals surface area contributed by atoms with Crippen LogP contribution in [0.25, 0.3) is 0 Å². The summed E-state index contributed by atoms with van der Waals surface area (Å²) >= 11 is 0. The van der Waals surface area contributed by atoms with Crippen LogP contribution in [0.2, 0.25) is 0 Å². The molecular weight excluding hydrogens is 285 g/mol. The minimum atomic E-state index is -0.674. The number of ether oxygens (including phenoxy) is 1. The van der Waals surface area contributed by atoms with E-state index in [-0.39, 0.29) is 11.7 Å². The molecule has 116 valence electrons. The Labute approximate surface area is 128 Å². The Hall–Kier alpha value is -2.37. The number of carbonyl (C=O) groups excluding carboxylic acids is 1. The monoisotopic (exact) mass is 303 g/mol. The predicted octanol–water partition coefficient (Wildman–Crippen LogP) is 2.44. The quantitative estimate of drug-likeness (QED) is 0.875. The van der Waals surface area contributed by atoms with Crippen molar-refractivity contribution in [1.29, 1.82) is 0 Å². The fraction of sp³-hybridized carbons (Fsp3) is 0.375. The molecule has 5 nitrogen and oxygen atoms in total. The van der Waals surface area contributed by atoms with Gasteiger partial charge >= 0.3 is 0 Å². The Kier molecular flexibility index (Phi) is 3.83. The van der Waals surface area contributed by atoms with Crippen LogP contribution in [0.15, 0.2) is 30.5 Å². The molecule has 2 aromatic rings. The first-order valence-electron chi connectivity index (χ1n) is 7.29. The number of halogens is 1. The molecular formula is C16H18FN3O2. The second kappa shape index (κ2) is 5.79. The van der Waals surface area contributed by atoms with Gasteiger partial charge in [0.1, 0.15) is 0 Å². The van der Waals surface area contributed by atoms with Crippen LogP contribution in [0.3, 0.4) is 0 Å². The summed E-state index contributed by atoms with van der Waals surface area (Å²) in [6, 6.07) is 6.73. The highest BCUT2D eigenvalue weighted by Gasteiger charge is 2.32. The molecule has 22 heavy (non-hydrogen) atoms. The number of hydrogen-bond acceptors (Lipinski definition) is 3.